The summed E-state index contributed by atoms with van der Waals surface area (Å²) in [6, 6.07) is -0.571. The van der Waals surface area contributed by atoms with Gasteiger partial charge in [-0.25, -0.2) is 0 Å². The Balaban J connectivity index is 2.12. The maximum absolute atomic E-state index is 12.6. The average Bonchev–Trinajstić information content (AvgIpc) is 2.90. The van der Waals surface area contributed by atoms with Crippen LogP contribution >= 0.6 is 0 Å². The summed E-state index contributed by atoms with van der Waals surface area (Å²) in [5.41, 5.74) is 0. The van der Waals surface area contributed by atoms with Crippen molar-refractivity contribution in [1.82, 2.24) is 10.2 Å². The van der Waals surface area contributed by atoms with Crippen LogP contribution in [0.2, 0.25) is 0 Å². The Morgan fingerprint density at radius 1 is 1.25 bits per heavy atom. The number of hydrogen-bond acceptors (Lipinski definition) is 2. The third-order valence-corrected chi connectivity index (χ3v) is 4.61. The summed E-state index contributed by atoms with van der Waals surface area (Å²) in [5.74, 6) is 1.19. The van der Waals surface area contributed by atoms with E-state index in [1.165, 1.54) is 25.7 Å². The van der Waals surface area contributed by atoms with Gasteiger partial charge < -0.3 is 10.2 Å². The Kier molecular flexibility index (Phi) is 5.06. The molecule has 2 unspecified atom stereocenters. The van der Waals surface area contributed by atoms with Crippen molar-refractivity contribution in [3.8, 4) is 0 Å². The summed E-state index contributed by atoms with van der Waals surface area (Å²) in [5, 5.41) is 2.90. The van der Waals surface area contributed by atoms with Gasteiger partial charge in [-0.05, 0) is 37.5 Å². The molecule has 4 heteroatoms. The molecule has 0 bridgehead atoms. The lowest BCUT2D eigenvalue weighted by Crippen LogP contribution is -2.64. The molecule has 1 aliphatic heterocycles. The fourth-order valence-corrected chi connectivity index (χ4v) is 3.47. The number of hydrogen-bond donors (Lipinski definition) is 1. The van der Waals surface area contributed by atoms with E-state index in [9.17, 15) is 9.59 Å². The van der Waals surface area contributed by atoms with Crippen LogP contribution < -0.4 is 5.32 Å². The first-order chi connectivity index (χ1) is 9.52. The summed E-state index contributed by atoms with van der Waals surface area (Å²) in [7, 11) is 0. The van der Waals surface area contributed by atoms with Crippen molar-refractivity contribution in [2.75, 3.05) is 6.54 Å². The van der Waals surface area contributed by atoms with Crippen LogP contribution in [0.4, 0.5) is 0 Å². The maximum Gasteiger partial charge on any atom is 0.245 e. The smallest absolute Gasteiger partial charge is 0.245 e. The Morgan fingerprint density at radius 3 is 2.45 bits per heavy atom. The van der Waals surface area contributed by atoms with Crippen LogP contribution in [-0.2, 0) is 9.59 Å². The van der Waals surface area contributed by atoms with E-state index in [2.05, 4.69) is 19.2 Å². The van der Waals surface area contributed by atoms with Crippen LogP contribution in [0, 0.1) is 11.8 Å². The van der Waals surface area contributed by atoms with Gasteiger partial charge in [0.2, 0.25) is 11.8 Å². The molecule has 0 aromatic carbocycles. The van der Waals surface area contributed by atoms with Gasteiger partial charge in [-0.2, -0.15) is 0 Å². The van der Waals surface area contributed by atoms with E-state index in [1.54, 1.807) is 0 Å². The minimum atomic E-state index is -0.313. The molecular weight excluding hydrogens is 252 g/mol. The number of carbonyl (C=O) groups excluding carboxylic acids is 2. The molecule has 0 radical (unpaired) electrons. The van der Waals surface area contributed by atoms with Gasteiger partial charge in [0.15, 0.2) is 0 Å². The van der Waals surface area contributed by atoms with Gasteiger partial charge in [0.1, 0.15) is 12.1 Å². The molecule has 1 saturated heterocycles. The fraction of sp³-hybridized carbons (Fsp3) is 0.875. The summed E-state index contributed by atoms with van der Waals surface area (Å²) in [4.78, 5) is 26.8. The zero-order chi connectivity index (χ0) is 14.7. The molecule has 2 atom stereocenters. The van der Waals surface area contributed by atoms with E-state index in [0.717, 1.165) is 13.0 Å². The van der Waals surface area contributed by atoms with E-state index < -0.39 is 0 Å². The standard InChI is InChI=1S/C16H28N2O2/c1-4-13-16(20)18(10-12-7-5-6-8-12)14(9-11(2)3)15(19)17-13/h11-14H,4-10H2,1-3H3,(H,17,19). The van der Waals surface area contributed by atoms with Gasteiger partial charge in [-0.15, -0.1) is 0 Å². The minimum absolute atomic E-state index is 0.0446. The van der Waals surface area contributed by atoms with E-state index in [1.807, 2.05) is 11.8 Å². The first-order valence-corrected chi connectivity index (χ1v) is 8.13. The monoisotopic (exact) mass is 280 g/mol. The molecular formula is C16H28N2O2. The zero-order valence-electron chi connectivity index (χ0n) is 13.0. The molecule has 2 fully saturated rings. The molecule has 0 aromatic rings. The largest absolute Gasteiger partial charge is 0.343 e. The van der Waals surface area contributed by atoms with Crippen molar-refractivity contribution < 1.29 is 9.59 Å². The Hall–Kier alpha value is -1.06. The second kappa shape index (κ2) is 6.59. The highest BCUT2D eigenvalue weighted by atomic mass is 16.2. The highest BCUT2D eigenvalue weighted by molar-refractivity contribution is 5.96. The Bertz CT molecular complexity index is 361. The highest BCUT2D eigenvalue weighted by Crippen LogP contribution is 2.28. The number of piperazine rings is 1. The van der Waals surface area contributed by atoms with Gasteiger partial charge in [0.25, 0.3) is 0 Å². The van der Waals surface area contributed by atoms with Crippen molar-refractivity contribution >= 4 is 11.8 Å². The molecule has 1 saturated carbocycles. The first kappa shape index (κ1) is 15.3. The number of carbonyl (C=O) groups is 2. The highest BCUT2D eigenvalue weighted by Gasteiger charge is 2.40. The summed E-state index contributed by atoms with van der Waals surface area (Å²) < 4.78 is 0. The molecule has 114 valence electrons. The van der Waals surface area contributed by atoms with Crippen molar-refractivity contribution in [2.45, 2.75) is 71.4 Å². The molecule has 20 heavy (non-hydrogen) atoms. The molecule has 0 spiro atoms. The van der Waals surface area contributed by atoms with Crippen LogP contribution in [0.3, 0.4) is 0 Å². The van der Waals surface area contributed by atoms with Crippen molar-refractivity contribution in [3.05, 3.63) is 0 Å². The van der Waals surface area contributed by atoms with Crippen LogP contribution in [0.15, 0.2) is 0 Å². The SMILES string of the molecule is CCC1NC(=O)C(CC(C)C)N(CC2CCCC2)C1=O. The normalized spacial score (nSPS) is 28.3. The molecule has 1 N–H and O–H groups in total. The van der Waals surface area contributed by atoms with Gasteiger partial charge in [-0.3, -0.25) is 9.59 Å². The van der Waals surface area contributed by atoms with Crippen LogP contribution in [0.5, 0.6) is 0 Å². The average molecular weight is 280 g/mol. The van der Waals surface area contributed by atoms with Crippen LogP contribution in [0.1, 0.15) is 59.3 Å². The quantitative estimate of drug-likeness (QED) is 0.840. The predicted octanol–water partition coefficient (Wildman–Crippen LogP) is 2.33. The van der Waals surface area contributed by atoms with Crippen molar-refractivity contribution in [1.29, 1.82) is 0 Å². The number of nitrogens with zero attached hydrogens (tertiary/aromatic N) is 1. The van der Waals surface area contributed by atoms with Gasteiger partial charge in [0, 0.05) is 6.54 Å². The molecule has 2 rings (SSSR count). The number of rotatable bonds is 5. The lowest BCUT2D eigenvalue weighted by atomic mass is 9.95. The molecule has 2 aliphatic rings. The maximum atomic E-state index is 12.6. The van der Waals surface area contributed by atoms with E-state index in [0.29, 0.717) is 18.3 Å². The zero-order valence-corrected chi connectivity index (χ0v) is 13.0. The third-order valence-electron chi connectivity index (χ3n) is 4.61. The minimum Gasteiger partial charge on any atom is -0.343 e. The van der Waals surface area contributed by atoms with E-state index in [-0.39, 0.29) is 23.9 Å². The third kappa shape index (κ3) is 3.33. The number of nitrogens with one attached hydrogen (secondary N) is 1. The van der Waals surface area contributed by atoms with E-state index >= 15 is 0 Å². The lowest BCUT2D eigenvalue weighted by molar-refractivity contribution is -0.150. The van der Waals surface area contributed by atoms with Crippen LogP contribution in [-0.4, -0.2) is 35.3 Å². The van der Waals surface area contributed by atoms with Crippen molar-refractivity contribution in [2.24, 2.45) is 11.8 Å². The second-order valence-corrected chi connectivity index (χ2v) is 6.76. The van der Waals surface area contributed by atoms with Gasteiger partial charge in [0.05, 0.1) is 0 Å². The summed E-state index contributed by atoms with van der Waals surface area (Å²) in [6.45, 7) is 6.95. The molecule has 4 nitrogen and oxygen atoms in total. The van der Waals surface area contributed by atoms with Gasteiger partial charge in [-0.1, -0.05) is 33.6 Å². The fourth-order valence-electron chi connectivity index (χ4n) is 3.47. The Labute approximate surface area is 122 Å². The van der Waals surface area contributed by atoms with E-state index in [4.69, 9.17) is 0 Å². The molecule has 1 heterocycles. The predicted molar refractivity (Wildman–Crippen MR) is 79.1 cm³/mol. The molecule has 0 aromatic heterocycles. The topological polar surface area (TPSA) is 49.4 Å². The van der Waals surface area contributed by atoms with Crippen LogP contribution in [0.25, 0.3) is 0 Å². The molecule has 1 aliphatic carbocycles. The summed E-state index contributed by atoms with van der Waals surface area (Å²) in [6.07, 6.45) is 6.39. The summed E-state index contributed by atoms with van der Waals surface area (Å²) >= 11 is 0. The van der Waals surface area contributed by atoms with Crippen molar-refractivity contribution in [3.63, 3.8) is 0 Å². The molecule has 2 amide bonds. The number of amides is 2. The first-order valence-electron chi connectivity index (χ1n) is 8.13. The van der Waals surface area contributed by atoms with Gasteiger partial charge >= 0.3 is 0 Å². The second-order valence-electron chi connectivity index (χ2n) is 6.76. The lowest BCUT2D eigenvalue weighted by Gasteiger charge is -2.40. The Morgan fingerprint density at radius 2 is 1.90 bits per heavy atom.